The molecule has 9 heteroatoms. The minimum Gasteiger partial charge on any atom is -0.480 e. The number of carboxylic acids is 1. The number of morpholine rings is 1. The van der Waals surface area contributed by atoms with E-state index in [1.165, 1.54) is 0 Å². The summed E-state index contributed by atoms with van der Waals surface area (Å²) < 4.78 is 16.8. The van der Waals surface area contributed by atoms with Crippen LogP contribution in [0.3, 0.4) is 0 Å². The van der Waals surface area contributed by atoms with Gasteiger partial charge >= 0.3 is 18.2 Å². The molecule has 2 fully saturated rings. The molecule has 2 atom stereocenters. The average molecular weight is 543 g/mol. The second kappa shape index (κ2) is 10.7. The Labute approximate surface area is 231 Å². The van der Waals surface area contributed by atoms with Gasteiger partial charge in [0.2, 0.25) is 0 Å². The monoisotopic (exact) mass is 542 g/mol. The van der Waals surface area contributed by atoms with Gasteiger partial charge in [-0.15, -0.1) is 0 Å². The number of carbonyl (C=O) groups is 3. The van der Waals surface area contributed by atoms with E-state index < -0.39 is 35.8 Å². The zero-order valence-electron chi connectivity index (χ0n) is 21.8. The lowest BCUT2D eigenvalue weighted by molar-refractivity contribution is -0.154. The van der Waals surface area contributed by atoms with Crippen molar-refractivity contribution >= 4 is 18.2 Å². The van der Waals surface area contributed by atoms with Crippen LogP contribution in [0.5, 0.6) is 0 Å². The largest absolute Gasteiger partial charge is 0.480 e. The van der Waals surface area contributed by atoms with Crippen molar-refractivity contribution in [3.8, 4) is 11.1 Å². The van der Waals surface area contributed by atoms with E-state index in [1.54, 1.807) is 4.90 Å². The Bertz CT molecular complexity index is 1370. The van der Waals surface area contributed by atoms with Crippen molar-refractivity contribution in [2.24, 2.45) is 0 Å². The van der Waals surface area contributed by atoms with Crippen LogP contribution >= 0.6 is 0 Å². The highest BCUT2D eigenvalue weighted by Crippen LogP contribution is 2.44. The molecule has 3 aliphatic rings. The van der Waals surface area contributed by atoms with Gasteiger partial charge in [-0.05, 0) is 27.8 Å². The van der Waals surface area contributed by atoms with E-state index in [2.05, 4.69) is 5.32 Å². The van der Waals surface area contributed by atoms with Crippen LogP contribution in [0.25, 0.3) is 11.1 Å². The van der Waals surface area contributed by atoms with Crippen molar-refractivity contribution in [1.29, 1.82) is 0 Å². The van der Waals surface area contributed by atoms with Gasteiger partial charge in [-0.1, -0.05) is 78.9 Å². The van der Waals surface area contributed by atoms with E-state index in [0.29, 0.717) is 0 Å². The van der Waals surface area contributed by atoms with Crippen LogP contribution in [-0.2, 0) is 25.6 Å². The Morgan fingerprint density at radius 3 is 2.02 bits per heavy atom. The lowest BCUT2D eigenvalue weighted by Gasteiger charge is -2.50. The van der Waals surface area contributed by atoms with Gasteiger partial charge in [-0.25, -0.2) is 14.4 Å². The van der Waals surface area contributed by atoms with Crippen molar-refractivity contribution in [1.82, 2.24) is 10.2 Å². The summed E-state index contributed by atoms with van der Waals surface area (Å²) in [5.74, 6) is -1.32. The number of rotatable bonds is 6. The smallest absolute Gasteiger partial charge is 0.410 e. The Morgan fingerprint density at radius 2 is 1.43 bits per heavy atom. The Morgan fingerprint density at radius 1 is 0.850 bits per heavy atom. The highest BCUT2D eigenvalue weighted by molar-refractivity contribution is 5.85. The molecule has 1 aliphatic carbocycles. The first-order valence-electron chi connectivity index (χ1n) is 13.4. The minimum absolute atomic E-state index is 0.0243. The topological polar surface area (TPSA) is 114 Å². The number of aliphatic carboxylic acids is 1. The van der Waals surface area contributed by atoms with Crippen LogP contribution in [0, 0.1) is 0 Å². The molecule has 6 rings (SSSR count). The molecule has 9 nitrogen and oxygen atoms in total. The molecule has 3 aromatic carbocycles. The van der Waals surface area contributed by atoms with Gasteiger partial charge in [0.05, 0.1) is 25.3 Å². The fourth-order valence-corrected chi connectivity index (χ4v) is 6.25. The molecule has 0 spiro atoms. The van der Waals surface area contributed by atoms with Gasteiger partial charge in [0.15, 0.2) is 0 Å². The van der Waals surface area contributed by atoms with E-state index in [9.17, 15) is 19.5 Å². The van der Waals surface area contributed by atoms with Gasteiger partial charge in [0.25, 0.3) is 0 Å². The van der Waals surface area contributed by atoms with Gasteiger partial charge in [0, 0.05) is 18.8 Å². The second-order valence-electron chi connectivity index (χ2n) is 10.5. The van der Waals surface area contributed by atoms with E-state index in [-0.39, 0.29) is 45.2 Å². The molecule has 0 aromatic heterocycles. The number of hydrogen-bond acceptors (Lipinski definition) is 6. The number of fused-ring (bicyclic) bond motifs is 5. The van der Waals surface area contributed by atoms with Crippen LogP contribution in [0.4, 0.5) is 9.59 Å². The van der Waals surface area contributed by atoms with Crippen molar-refractivity contribution in [2.45, 2.75) is 43.0 Å². The van der Waals surface area contributed by atoms with Crippen LogP contribution in [0.15, 0.2) is 78.9 Å². The summed E-state index contributed by atoms with van der Waals surface area (Å²) in [4.78, 5) is 40.2. The lowest BCUT2D eigenvalue weighted by Crippen LogP contribution is -2.69. The molecule has 2 heterocycles. The van der Waals surface area contributed by atoms with Gasteiger partial charge in [-0.2, -0.15) is 0 Å². The summed E-state index contributed by atoms with van der Waals surface area (Å²) in [6.45, 7) is 0.485. The predicted octanol–water partition coefficient (Wildman–Crippen LogP) is 4.55. The number of carbonyl (C=O) groups excluding carboxylic acids is 2. The van der Waals surface area contributed by atoms with Crippen LogP contribution in [0.2, 0.25) is 0 Å². The van der Waals surface area contributed by atoms with Crippen LogP contribution in [-0.4, -0.2) is 65.6 Å². The molecular weight excluding hydrogens is 512 g/mol. The third-order valence-electron chi connectivity index (χ3n) is 8.09. The quantitative estimate of drug-likeness (QED) is 0.470. The zero-order valence-corrected chi connectivity index (χ0v) is 21.8. The third-order valence-corrected chi connectivity index (χ3v) is 8.09. The summed E-state index contributed by atoms with van der Waals surface area (Å²) >= 11 is 0. The summed E-state index contributed by atoms with van der Waals surface area (Å²) in [6.07, 6.45) is -1.38. The summed E-state index contributed by atoms with van der Waals surface area (Å²) in [7, 11) is 0. The van der Waals surface area contributed by atoms with Crippen LogP contribution in [0.1, 0.15) is 35.4 Å². The zero-order chi connectivity index (χ0) is 27.7. The average Bonchev–Trinajstić information content (AvgIpc) is 3.28. The van der Waals surface area contributed by atoms with Gasteiger partial charge < -0.3 is 24.6 Å². The number of carboxylic acid groups (broad SMARTS) is 1. The lowest BCUT2D eigenvalue weighted by atomic mass is 9.78. The number of amides is 2. The Balaban J connectivity index is 1.13. The van der Waals surface area contributed by atoms with Crippen LogP contribution < -0.4 is 5.32 Å². The number of benzene rings is 3. The molecule has 3 aromatic rings. The third kappa shape index (κ3) is 4.77. The molecule has 206 valence electrons. The molecule has 2 aliphatic heterocycles. The number of alkyl carbamates (subject to hydrolysis) is 1. The van der Waals surface area contributed by atoms with E-state index in [0.717, 1.165) is 27.8 Å². The maximum Gasteiger partial charge on any atom is 0.410 e. The SMILES string of the molecule is O=C(NC1(C(=O)O)CC2COCC(C1)N2C(=O)OCc1ccccc1)OCC1c2ccccc2-c2ccccc21. The van der Waals surface area contributed by atoms with E-state index in [4.69, 9.17) is 14.2 Å². The number of nitrogens with one attached hydrogen (secondary N) is 1. The molecule has 0 radical (unpaired) electrons. The van der Waals surface area contributed by atoms with E-state index in [1.807, 2.05) is 78.9 Å². The molecule has 2 unspecified atom stereocenters. The summed E-state index contributed by atoms with van der Waals surface area (Å²) in [6, 6.07) is 24.2. The number of nitrogens with zero attached hydrogens (tertiary/aromatic N) is 1. The van der Waals surface area contributed by atoms with E-state index >= 15 is 0 Å². The van der Waals surface area contributed by atoms with Crippen molar-refractivity contribution in [3.05, 3.63) is 95.6 Å². The first-order valence-corrected chi connectivity index (χ1v) is 13.4. The second-order valence-corrected chi connectivity index (χ2v) is 10.5. The molecule has 2 bridgehead atoms. The number of hydrogen-bond donors (Lipinski definition) is 2. The highest BCUT2D eigenvalue weighted by atomic mass is 16.6. The fraction of sp³-hybridized carbons (Fsp3) is 0.323. The molecule has 2 saturated heterocycles. The molecule has 40 heavy (non-hydrogen) atoms. The normalized spacial score (nSPS) is 23.1. The highest BCUT2D eigenvalue weighted by Gasteiger charge is 2.54. The minimum atomic E-state index is -1.60. The first-order chi connectivity index (χ1) is 19.4. The Kier molecular flexibility index (Phi) is 6.89. The summed E-state index contributed by atoms with van der Waals surface area (Å²) in [5.41, 5.74) is 3.60. The van der Waals surface area contributed by atoms with Crippen molar-refractivity contribution in [3.63, 3.8) is 0 Å². The summed E-state index contributed by atoms with van der Waals surface area (Å²) in [5, 5.41) is 12.9. The predicted molar refractivity (Wildman–Crippen MR) is 145 cm³/mol. The van der Waals surface area contributed by atoms with Gasteiger partial charge in [0.1, 0.15) is 18.8 Å². The first kappa shape index (κ1) is 25.9. The fourth-order valence-electron chi connectivity index (χ4n) is 6.25. The van der Waals surface area contributed by atoms with Crippen molar-refractivity contribution < 1.29 is 33.7 Å². The standard InChI is InChI=1S/C31H30N2O7/c34-28(35)31(14-21-17-38-18-22(15-31)33(21)30(37)40-16-20-8-2-1-3-9-20)32-29(36)39-19-27-25-12-6-4-10-23(25)24-11-5-7-13-26(24)27/h1-13,21-22,27H,14-19H2,(H,32,36)(H,34,35). The number of ether oxygens (including phenoxy) is 3. The molecule has 2 amide bonds. The number of piperidine rings is 1. The maximum atomic E-state index is 13.1. The molecule has 0 saturated carbocycles. The molecule has 2 N–H and O–H groups in total. The molecular formula is C31H30N2O7. The maximum absolute atomic E-state index is 13.1. The van der Waals surface area contributed by atoms with Gasteiger partial charge in [-0.3, -0.25) is 4.90 Å². The Hall–Kier alpha value is -4.37. The van der Waals surface area contributed by atoms with Crippen molar-refractivity contribution in [2.75, 3.05) is 19.8 Å².